The van der Waals surface area contributed by atoms with Gasteiger partial charge in [-0.2, -0.15) is 0 Å². The summed E-state index contributed by atoms with van der Waals surface area (Å²) in [6.45, 7) is 9.20. The summed E-state index contributed by atoms with van der Waals surface area (Å²) in [5.41, 5.74) is 0.958. The molecule has 0 bridgehead atoms. The van der Waals surface area contributed by atoms with Crippen LogP contribution in [-0.4, -0.2) is 44.3 Å². The summed E-state index contributed by atoms with van der Waals surface area (Å²) in [7, 11) is -3.32. The molecule has 2 heterocycles. The highest BCUT2D eigenvalue weighted by atomic mass is 32.2. The Hall–Kier alpha value is -1.21. The van der Waals surface area contributed by atoms with Gasteiger partial charge in [0.1, 0.15) is 4.90 Å². The Morgan fingerprint density at radius 2 is 2.12 bits per heavy atom. The maximum Gasteiger partial charge on any atom is 0.222 e. The van der Waals surface area contributed by atoms with E-state index in [4.69, 9.17) is 0 Å². The van der Waals surface area contributed by atoms with Crippen molar-refractivity contribution >= 4 is 15.8 Å². The van der Waals surface area contributed by atoms with E-state index >= 15 is 0 Å². The zero-order chi connectivity index (χ0) is 17.8. The van der Waals surface area contributed by atoms with Crippen LogP contribution >= 0.6 is 0 Å². The van der Waals surface area contributed by atoms with E-state index in [0.29, 0.717) is 17.1 Å². The van der Waals surface area contributed by atoms with Crippen LogP contribution in [0.15, 0.2) is 11.1 Å². The number of hydrogen-bond acceptors (Lipinski definition) is 6. The van der Waals surface area contributed by atoms with Crippen molar-refractivity contribution in [1.29, 1.82) is 0 Å². The first kappa shape index (κ1) is 19.1. The molecule has 1 saturated heterocycles. The number of rotatable bonds is 6. The van der Waals surface area contributed by atoms with Gasteiger partial charge >= 0.3 is 0 Å². The lowest BCUT2D eigenvalue weighted by molar-refractivity contribution is 0.370. The second-order valence-corrected chi connectivity index (χ2v) is 9.83. The third-order valence-electron chi connectivity index (χ3n) is 4.25. The summed E-state index contributed by atoms with van der Waals surface area (Å²) in [6, 6.07) is 0. The predicted octanol–water partition coefficient (Wildman–Crippen LogP) is 2.59. The summed E-state index contributed by atoms with van der Waals surface area (Å²) in [4.78, 5) is 9.03. The molecular weight excluding hydrogens is 324 g/mol. The molecule has 2 N–H and O–H groups in total. The molecule has 1 fully saturated rings. The summed E-state index contributed by atoms with van der Waals surface area (Å²) < 4.78 is 24.1. The lowest BCUT2D eigenvalue weighted by Crippen LogP contribution is -2.30. The molecule has 0 radical (unpaired) electrons. The maximum atomic E-state index is 12.1. The van der Waals surface area contributed by atoms with Crippen molar-refractivity contribution in [3.05, 3.63) is 11.9 Å². The van der Waals surface area contributed by atoms with Gasteiger partial charge in [-0.05, 0) is 37.6 Å². The van der Waals surface area contributed by atoms with Gasteiger partial charge in [-0.25, -0.2) is 18.4 Å². The number of sulfone groups is 1. The molecule has 1 aromatic heterocycles. The number of piperidine rings is 1. The van der Waals surface area contributed by atoms with Crippen molar-refractivity contribution in [2.45, 2.75) is 57.3 Å². The smallest absolute Gasteiger partial charge is 0.222 e. The highest BCUT2D eigenvalue weighted by Crippen LogP contribution is 2.28. The molecule has 0 aliphatic carbocycles. The van der Waals surface area contributed by atoms with E-state index in [1.807, 2.05) is 0 Å². The van der Waals surface area contributed by atoms with Gasteiger partial charge in [-0.1, -0.05) is 20.8 Å². The van der Waals surface area contributed by atoms with E-state index in [1.54, 1.807) is 0 Å². The predicted molar refractivity (Wildman–Crippen MR) is 97.2 cm³/mol. The topological polar surface area (TPSA) is 84.0 Å². The molecule has 7 heteroatoms. The van der Waals surface area contributed by atoms with Crippen LogP contribution in [0.4, 0.5) is 5.95 Å². The van der Waals surface area contributed by atoms with Crippen LogP contribution in [0.1, 0.15) is 58.1 Å². The Kier molecular flexibility index (Phi) is 6.20. The van der Waals surface area contributed by atoms with Gasteiger partial charge in [-0.3, -0.25) is 0 Å². The minimum absolute atomic E-state index is 0.126. The highest BCUT2D eigenvalue weighted by Gasteiger charge is 2.25. The van der Waals surface area contributed by atoms with Crippen molar-refractivity contribution in [1.82, 2.24) is 15.3 Å². The standard InChI is InChI=1S/C17H30N4O2S/c1-17(2,3)8-6-10-19-16-20-12-14(24(4,22)23)15(21-16)13-7-5-9-18-11-13/h12-13,18H,5-11H2,1-4H3,(H,19,20,21)/t13-/m0/s1. The quantitative estimate of drug-likeness (QED) is 0.764. The first-order valence-electron chi connectivity index (χ1n) is 8.68. The second kappa shape index (κ2) is 7.78. The monoisotopic (exact) mass is 354 g/mol. The molecule has 0 spiro atoms. The molecule has 6 nitrogen and oxygen atoms in total. The van der Waals surface area contributed by atoms with Crippen LogP contribution in [0.2, 0.25) is 0 Å². The lowest BCUT2D eigenvalue weighted by Gasteiger charge is -2.24. The first-order chi connectivity index (χ1) is 11.2. The average Bonchev–Trinajstić information content (AvgIpc) is 2.50. The number of aromatic nitrogens is 2. The summed E-state index contributed by atoms with van der Waals surface area (Å²) >= 11 is 0. The SMILES string of the molecule is CC(C)(C)CCCNc1ncc(S(C)(=O)=O)c([C@H]2CCCNC2)n1. The molecule has 24 heavy (non-hydrogen) atoms. The van der Waals surface area contributed by atoms with Gasteiger partial charge in [0.25, 0.3) is 0 Å². The summed E-state index contributed by atoms with van der Waals surface area (Å²) in [6.07, 6.45) is 6.81. The third-order valence-corrected chi connectivity index (χ3v) is 5.37. The van der Waals surface area contributed by atoms with E-state index in [9.17, 15) is 8.42 Å². The van der Waals surface area contributed by atoms with E-state index < -0.39 is 9.84 Å². The largest absolute Gasteiger partial charge is 0.354 e. The van der Waals surface area contributed by atoms with Crippen LogP contribution in [0, 0.1) is 5.41 Å². The van der Waals surface area contributed by atoms with Gasteiger partial charge in [-0.15, -0.1) is 0 Å². The normalized spacial score (nSPS) is 19.2. The van der Waals surface area contributed by atoms with Gasteiger partial charge in [0.2, 0.25) is 5.95 Å². The first-order valence-corrected chi connectivity index (χ1v) is 10.6. The lowest BCUT2D eigenvalue weighted by atomic mass is 9.91. The highest BCUT2D eigenvalue weighted by molar-refractivity contribution is 7.90. The summed E-state index contributed by atoms with van der Waals surface area (Å²) in [5, 5.41) is 6.56. The Morgan fingerprint density at radius 3 is 2.71 bits per heavy atom. The van der Waals surface area contributed by atoms with Crippen molar-refractivity contribution in [2.24, 2.45) is 5.41 Å². The summed E-state index contributed by atoms with van der Waals surface area (Å²) in [5.74, 6) is 0.651. The zero-order valence-electron chi connectivity index (χ0n) is 15.2. The van der Waals surface area contributed by atoms with Gasteiger partial charge in [0.15, 0.2) is 9.84 Å². The van der Waals surface area contributed by atoms with Crippen LogP contribution in [0.3, 0.4) is 0 Å². The van der Waals surface area contributed by atoms with E-state index in [1.165, 1.54) is 12.5 Å². The molecular formula is C17H30N4O2S. The molecule has 0 saturated carbocycles. The molecule has 2 rings (SSSR count). The van der Waals surface area contributed by atoms with Crippen LogP contribution in [0.25, 0.3) is 0 Å². The van der Waals surface area contributed by atoms with Gasteiger partial charge < -0.3 is 10.6 Å². The molecule has 1 aliphatic rings. The number of anilines is 1. The molecule has 0 unspecified atom stereocenters. The Balaban J connectivity index is 2.13. The van der Waals surface area contributed by atoms with Crippen molar-refractivity contribution in [3.63, 3.8) is 0 Å². The van der Waals surface area contributed by atoms with Crippen molar-refractivity contribution in [2.75, 3.05) is 31.2 Å². The zero-order valence-corrected chi connectivity index (χ0v) is 16.0. The van der Waals surface area contributed by atoms with Crippen molar-refractivity contribution < 1.29 is 8.42 Å². The van der Waals surface area contributed by atoms with Gasteiger partial charge in [0.05, 0.1) is 11.9 Å². The minimum atomic E-state index is -3.32. The van der Waals surface area contributed by atoms with Gasteiger partial charge in [0, 0.05) is 25.3 Å². The number of nitrogens with one attached hydrogen (secondary N) is 2. The molecule has 0 aromatic carbocycles. The number of hydrogen-bond donors (Lipinski definition) is 2. The minimum Gasteiger partial charge on any atom is -0.354 e. The Labute approximate surface area is 145 Å². The van der Waals surface area contributed by atoms with E-state index in [-0.39, 0.29) is 10.8 Å². The molecule has 1 aromatic rings. The van der Waals surface area contributed by atoms with Crippen LogP contribution < -0.4 is 10.6 Å². The van der Waals surface area contributed by atoms with Crippen molar-refractivity contribution in [3.8, 4) is 0 Å². The Bertz CT molecular complexity index is 647. The molecule has 0 amide bonds. The fourth-order valence-electron chi connectivity index (χ4n) is 2.95. The van der Waals surface area contributed by atoms with E-state index in [2.05, 4.69) is 41.4 Å². The number of nitrogens with zero attached hydrogens (tertiary/aromatic N) is 2. The van der Waals surface area contributed by atoms with Crippen LogP contribution in [-0.2, 0) is 9.84 Å². The second-order valence-electron chi connectivity index (χ2n) is 7.85. The average molecular weight is 355 g/mol. The fraction of sp³-hybridized carbons (Fsp3) is 0.765. The molecule has 136 valence electrons. The fourth-order valence-corrected chi connectivity index (χ4v) is 3.79. The third kappa shape index (κ3) is 5.70. The Morgan fingerprint density at radius 1 is 1.38 bits per heavy atom. The molecule has 1 aliphatic heterocycles. The maximum absolute atomic E-state index is 12.1. The molecule has 1 atom stereocenters. The van der Waals surface area contributed by atoms with Crippen LogP contribution in [0.5, 0.6) is 0 Å². The van der Waals surface area contributed by atoms with E-state index in [0.717, 1.165) is 45.3 Å².